The number of thiophene rings is 1. The minimum atomic E-state index is -0.354. The maximum atomic E-state index is 12.7. The summed E-state index contributed by atoms with van der Waals surface area (Å²) in [6, 6.07) is 13.3. The summed E-state index contributed by atoms with van der Waals surface area (Å²) in [6.07, 6.45) is 0. The molecule has 0 aliphatic carbocycles. The second-order valence-corrected chi connectivity index (χ2v) is 8.91. The third-order valence-corrected chi connectivity index (χ3v) is 6.14. The summed E-state index contributed by atoms with van der Waals surface area (Å²) >= 11 is 1.53. The van der Waals surface area contributed by atoms with Crippen LogP contribution in [0.2, 0.25) is 0 Å². The lowest BCUT2D eigenvalue weighted by atomic mass is 10.0. The van der Waals surface area contributed by atoms with E-state index in [0.29, 0.717) is 34.4 Å². The maximum absolute atomic E-state index is 12.7. The van der Waals surface area contributed by atoms with E-state index in [1.807, 2.05) is 41.8 Å². The summed E-state index contributed by atoms with van der Waals surface area (Å²) in [4.78, 5) is 33.1. The van der Waals surface area contributed by atoms with Gasteiger partial charge in [-0.15, -0.1) is 11.3 Å². The minimum absolute atomic E-state index is 0.169. The number of hydrogen-bond donors (Lipinski definition) is 2. The molecule has 33 heavy (non-hydrogen) atoms. The number of anilines is 1. The molecule has 0 aliphatic rings. The normalized spacial score (nSPS) is 11.1. The predicted molar refractivity (Wildman–Crippen MR) is 129 cm³/mol. The number of carbonyl (C=O) groups is 1. The van der Waals surface area contributed by atoms with E-state index in [0.717, 1.165) is 4.88 Å². The highest BCUT2D eigenvalue weighted by Gasteiger charge is 2.17. The fourth-order valence-electron chi connectivity index (χ4n) is 3.18. The highest BCUT2D eigenvalue weighted by Crippen LogP contribution is 2.27. The van der Waals surface area contributed by atoms with Crippen LogP contribution in [0.3, 0.4) is 0 Å². The number of rotatable bonds is 7. The first-order chi connectivity index (χ1) is 15.8. The van der Waals surface area contributed by atoms with Crippen molar-refractivity contribution in [3.05, 3.63) is 75.0 Å². The first-order valence-corrected chi connectivity index (χ1v) is 11.4. The van der Waals surface area contributed by atoms with Crippen LogP contribution in [0.1, 0.15) is 36.6 Å². The predicted octanol–water partition coefficient (Wildman–Crippen LogP) is 4.44. The molecule has 9 heteroatoms. The van der Waals surface area contributed by atoms with E-state index in [-0.39, 0.29) is 24.0 Å². The molecule has 3 aromatic heterocycles. The number of aryl methyl sites for hydroxylation is 1. The summed E-state index contributed by atoms with van der Waals surface area (Å²) < 4.78 is 7.07. The molecule has 0 aliphatic heterocycles. The molecule has 2 N–H and O–H groups in total. The van der Waals surface area contributed by atoms with Crippen LogP contribution in [0, 0.1) is 13.8 Å². The lowest BCUT2D eigenvalue weighted by Crippen LogP contribution is -2.23. The van der Waals surface area contributed by atoms with Crippen LogP contribution in [-0.2, 0) is 4.79 Å². The van der Waals surface area contributed by atoms with Gasteiger partial charge in [0.05, 0.1) is 4.88 Å². The van der Waals surface area contributed by atoms with Gasteiger partial charge >= 0.3 is 0 Å². The molecule has 0 radical (unpaired) electrons. The fraction of sp³-hybridized carbons (Fsp3) is 0.250. The quantitative estimate of drug-likeness (QED) is 0.422. The topological polar surface area (TPSA) is 102 Å². The monoisotopic (exact) mass is 463 g/mol. The Kier molecular flexibility index (Phi) is 6.41. The second-order valence-electron chi connectivity index (χ2n) is 7.96. The molecule has 0 spiro atoms. The average Bonchev–Trinajstić information content (AvgIpc) is 3.46. The van der Waals surface area contributed by atoms with Crippen molar-refractivity contribution < 1.29 is 9.53 Å². The van der Waals surface area contributed by atoms with Crippen LogP contribution in [0.15, 0.2) is 52.6 Å². The van der Waals surface area contributed by atoms with E-state index in [1.165, 1.54) is 21.6 Å². The Bertz CT molecular complexity index is 1320. The van der Waals surface area contributed by atoms with Crippen molar-refractivity contribution in [2.24, 2.45) is 0 Å². The van der Waals surface area contributed by atoms with E-state index in [4.69, 9.17) is 4.74 Å². The van der Waals surface area contributed by atoms with E-state index < -0.39 is 0 Å². The van der Waals surface area contributed by atoms with Crippen molar-refractivity contribution in [3.63, 3.8) is 0 Å². The summed E-state index contributed by atoms with van der Waals surface area (Å²) in [5.41, 5.74) is 2.73. The van der Waals surface area contributed by atoms with Crippen LogP contribution in [0.5, 0.6) is 5.75 Å². The first kappa shape index (κ1) is 22.5. The van der Waals surface area contributed by atoms with E-state index in [2.05, 4.69) is 34.2 Å². The van der Waals surface area contributed by atoms with Crippen LogP contribution in [0.25, 0.3) is 16.5 Å². The molecule has 1 amide bonds. The molecular weight excluding hydrogens is 438 g/mol. The molecule has 1 aromatic carbocycles. The number of nitrogens with zero attached hydrogens (tertiary/aromatic N) is 3. The number of benzene rings is 1. The molecule has 4 aromatic rings. The number of aromatic nitrogens is 4. The third-order valence-electron chi connectivity index (χ3n) is 5.25. The average molecular weight is 464 g/mol. The van der Waals surface area contributed by atoms with Crippen LogP contribution < -0.4 is 15.6 Å². The molecular formula is C24H25N5O3S. The van der Waals surface area contributed by atoms with E-state index in [1.54, 1.807) is 19.9 Å². The van der Waals surface area contributed by atoms with Crippen LogP contribution in [-0.4, -0.2) is 32.3 Å². The molecule has 3 heterocycles. The molecule has 0 bridgehead atoms. The van der Waals surface area contributed by atoms with Gasteiger partial charge < -0.3 is 10.1 Å². The number of ether oxygens (including phenoxy) is 1. The van der Waals surface area contributed by atoms with Gasteiger partial charge in [0.25, 0.3) is 11.5 Å². The molecule has 0 unspecified atom stereocenters. The van der Waals surface area contributed by atoms with Crippen molar-refractivity contribution in [1.29, 1.82) is 0 Å². The van der Waals surface area contributed by atoms with Gasteiger partial charge in [-0.05, 0) is 48.9 Å². The van der Waals surface area contributed by atoms with E-state index >= 15 is 0 Å². The Morgan fingerprint density at radius 3 is 2.61 bits per heavy atom. The summed E-state index contributed by atoms with van der Waals surface area (Å²) in [7, 11) is 0. The standard InChI is InChI=1S/C24H25N5O3S/c1-14(2)17-7-9-18(10-8-17)32-13-22(30)26-21-12-19(20-6-5-11-33-20)28-29(21)24-25-16(4)15(3)23(31)27-24/h5-12,14H,13H2,1-4H3,(H,26,30)(H,25,27,31). The number of H-pyrrole nitrogens is 1. The summed E-state index contributed by atoms with van der Waals surface area (Å²) in [6.45, 7) is 7.54. The maximum Gasteiger partial charge on any atom is 0.263 e. The minimum Gasteiger partial charge on any atom is -0.484 e. The summed E-state index contributed by atoms with van der Waals surface area (Å²) in [5.74, 6) is 1.29. The molecule has 0 saturated carbocycles. The van der Waals surface area contributed by atoms with Gasteiger partial charge in [-0.3, -0.25) is 14.6 Å². The van der Waals surface area contributed by atoms with Crippen LogP contribution >= 0.6 is 11.3 Å². The van der Waals surface area contributed by atoms with Crippen LogP contribution in [0.4, 0.5) is 5.82 Å². The molecule has 0 atom stereocenters. The molecule has 170 valence electrons. The molecule has 8 nitrogen and oxygen atoms in total. The van der Waals surface area contributed by atoms with Gasteiger partial charge in [0.15, 0.2) is 6.61 Å². The zero-order chi connectivity index (χ0) is 23.5. The smallest absolute Gasteiger partial charge is 0.263 e. The fourth-order valence-corrected chi connectivity index (χ4v) is 3.87. The highest BCUT2D eigenvalue weighted by molar-refractivity contribution is 7.13. The van der Waals surface area contributed by atoms with E-state index in [9.17, 15) is 9.59 Å². The van der Waals surface area contributed by atoms with Crippen molar-refractivity contribution in [1.82, 2.24) is 19.7 Å². The van der Waals surface area contributed by atoms with Crippen molar-refractivity contribution in [3.8, 4) is 22.3 Å². The first-order valence-electron chi connectivity index (χ1n) is 10.6. The van der Waals surface area contributed by atoms with Gasteiger partial charge in [-0.1, -0.05) is 32.0 Å². The van der Waals surface area contributed by atoms with Gasteiger partial charge in [-0.2, -0.15) is 9.78 Å². The Balaban J connectivity index is 1.57. The lowest BCUT2D eigenvalue weighted by Gasteiger charge is -2.11. The number of carbonyl (C=O) groups excluding carboxylic acids is 1. The molecule has 0 fully saturated rings. The summed E-state index contributed by atoms with van der Waals surface area (Å²) in [5, 5.41) is 9.34. The zero-order valence-electron chi connectivity index (χ0n) is 18.9. The Morgan fingerprint density at radius 1 is 1.21 bits per heavy atom. The van der Waals surface area contributed by atoms with Crippen molar-refractivity contribution >= 4 is 23.1 Å². The van der Waals surface area contributed by atoms with Gasteiger partial charge in [0.2, 0.25) is 5.95 Å². The number of amides is 1. The Hall–Kier alpha value is -3.72. The number of nitrogens with one attached hydrogen (secondary N) is 2. The third kappa shape index (κ3) is 5.04. The lowest BCUT2D eigenvalue weighted by molar-refractivity contribution is -0.118. The molecule has 4 rings (SSSR count). The number of aromatic amines is 1. The van der Waals surface area contributed by atoms with Crippen molar-refractivity contribution in [2.45, 2.75) is 33.6 Å². The SMILES string of the molecule is Cc1nc(-n2nc(-c3cccs3)cc2NC(=O)COc2ccc(C(C)C)cc2)[nH]c(=O)c1C. The largest absolute Gasteiger partial charge is 0.484 e. The van der Waals surface area contributed by atoms with Gasteiger partial charge in [-0.25, -0.2) is 4.98 Å². The Labute approximate surface area is 195 Å². The van der Waals surface area contributed by atoms with Gasteiger partial charge in [0.1, 0.15) is 17.3 Å². The highest BCUT2D eigenvalue weighted by atomic mass is 32.1. The zero-order valence-corrected chi connectivity index (χ0v) is 19.7. The second kappa shape index (κ2) is 9.41. The number of hydrogen-bond acceptors (Lipinski definition) is 6. The molecule has 0 saturated heterocycles. The van der Waals surface area contributed by atoms with Crippen molar-refractivity contribution in [2.75, 3.05) is 11.9 Å². The van der Waals surface area contributed by atoms with Gasteiger partial charge in [0, 0.05) is 17.3 Å². The Morgan fingerprint density at radius 2 is 1.97 bits per heavy atom.